The molecule has 28 heavy (non-hydrogen) atoms. The molecule has 3 aromatic rings. The first-order valence-corrected chi connectivity index (χ1v) is 9.32. The number of benzene rings is 3. The summed E-state index contributed by atoms with van der Waals surface area (Å²) >= 11 is 0. The van der Waals surface area contributed by atoms with Crippen molar-refractivity contribution in [2.75, 3.05) is 13.1 Å². The lowest BCUT2D eigenvalue weighted by atomic mass is 10.0. The Bertz CT molecular complexity index is 982. The van der Waals surface area contributed by atoms with E-state index < -0.39 is 0 Å². The van der Waals surface area contributed by atoms with Gasteiger partial charge in [0.15, 0.2) is 0 Å². The molecule has 0 unspecified atom stereocenters. The lowest BCUT2D eigenvalue weighted by Gasteiger charge is -2.21. The number of hydrogen-bond acceptors (Lipinski definition) is 2. The molecule has 0 radical (unpaired) electrons. The molecule has 3 rings (SSSR count). The number of carbonyl (C=O) groups excluding carboxylic acids is 2. The molecule has 5 heteroatoms. The SMILES string of the molecule is CCN(Cc1cccc(F)c1)C(=O)CNC(=O)Cc1cccc2ccccc12. The number of nitrogens with zero attached hydrogens (tertiary/aromatic N) is 1. The van der Waals surface area contributed by atoms with Crippen LogP contribution in [0.15, 0.2) is 66.7 Å². The topological polar surface area (TPSA) is 49.4 Å². The van der Waals surface area contributed by atoms with Crippen LogP contribution in [0.4, 0.5) is 4.39 Å². The molecular formula is C23H23FN2O2. The zero-order valence-electron chi connectivity index (χ0n) is 15.8. The molecule has 0 aliphatic carbocycles. The van der Waals surface area contributed by atoms with Gasteiger partial charge in [0.25, 0.3) is 0 Å². The zero-order valence-corrected chi connectivity index (χ0v) is 15.8. The highest BCUT2D eigenvalue weighted by Gasteiger charge is 2.14. The number of halogens is 1. The minimum absolute atomic E-state index is 0.0766. The van der Waals surface area contributed by atoms with Gasteiger partial charge in [0.05, 0.1) is 13.0 Å². The van der Waals surface area contributed by atoms with Crippen molar-refractivity contribution in [1.82, 2.24) is 10.2 Å². The predicted octanol–water partition coefficient (Wildman–Crippen LogP) is 3.69. The Kier molecular flexibility index (Phi) is 6.37. The quantitative estimate of drug-likeness (QED) is 0.682. The van der Waals surface area contributed by atoms with Crippen molar-refractivity contribution in [3.63, 3.8) is 0 Å². The fourth-order valence-electron chi connectivity index (χ4n) is 3.20. The van der Waals surface area contributed by atoms with Crippen LogP contribution >= 0.6 is 0 Å². The number of fused-ring (bicyclic) bond motifs is 1. The summed E-state index contributed by atoms with van der Waals surface area (Å²) < 4.78 is 13.3. The van der Waals surface area contributed by atoms with Crippen LogP contribution in [0, 0.1) is 5.82 Å². The molecular weight excluding hydrogens is 355 g/mol. The molecule has 0 aromatic heterocycles. The maximum atomic E-state index is 13.3. The van der Waals surface area contributed by atoms with Crippen LogP contribution in [0.25, 0.3) is 10.8 Å². The maximum absolute atomic E-state index is 13.3. The first-order valence-electron chi connectivity index (χ1n) is 9.32. The first kappa shape index (κ1) is 19.5. The van der Waals surface area contributed by atoms with Gasteiger partial charge in [-0.05, 0) is 41.0 Å². The molecule has 0 saturated carbocycles. The van der Waals surface area contributed by atoms with Gasteiger partial charge in [-0.3, -0.25) is 9.59 Å². The predicted molar refractivity (Wildman–Crippen MR) is 108 cm³/mol. The molecule has 0 bridgehead atoms. The average Bonchev–Trinajstić information content (AvgIpc) is 2.70. The second-order valence-electron chi connectivity index (χ2n) is 6.63. The summed E-state index contributed by atoms with van der Waals surface area (Å²) in [6.45, 7) is 2.57. The van der Waals surface area contributed by atoms with Gasteiger partial charge >= 0.3 is 0 Å². The van der Waals surface area contributed by atoms with Crippen LogP contribution in [0.3, 0.4) is 0 Å². The Hall–Kier alpha value is -3.21. The first-order chi connectivity index (χ1) is 13.6. The molecule has 3 aromatic carbocycles. The standard InChI is InChI=1S/C23H23FN2O2/c1-2-26(16-17-7-5-11-20(24)13-17)23(28)15-25-22(27)14-19-10-6-9-18-8-3-4-12-21(18)19/h3-13H,2,14-16H2,1H3,(H,25,27). The summed E-state index contributed by atoms with van der Waals surface area (Å²) in [5.74, 6) is -0.728. The molecule has 4 nitrogen and oxygen atoms in total. The molecule has 0 spiro atoms. The number of likely N-dealkylation sites (N-methyl/N-ethyl adjacent to an activating group) is 1. The normalized spacial score (nSPS) is 10.6. The van der Waals surface area contributed by atoms with Crippen molar-refractivity contribution < 1.29 is 14.0 Å². The summed E-state index contributed by atoms with van der Waals surface area (Å²) in [7, 11) is 0. The monoisotopic (exact) mass is 378 g/mol. The molecule has 1 N–H and O–H groups in total. The van der Waals surface area contributed by atoms with Crippen LogP contribution in [-0.2, 0) is 22.6 Å². The van der Waals surface area contributed by atoms with E-state index in [0.717, 1.165) is 21.9 Å². The van der Waals surface area contributed by atoms with E-state index in [4.69, 9.17) is 0 Å². The Morgan fingerprint density at radius 3 is 2.54 bits per heavy atom. The van der Waals surface area contributed by atoms with E-state index in [1.165, 1.54) is 12.1 Å². The Balaban J connectivity index is 1.57. The summed E-state index contributed by atoms with van der Waals surface area (Å²) in [6, 6.07) is 19.9. The van der Waals surface area contributed by atoms with Gasteiger partial charge in [0.1, 0.15) is 5.82 Å². The van der Waals surface area contributed by atoms with Gasteiger partial charge in [-0.15, -0.1) is 0 Å². The number of hydrogen-bond donors (Lipinski definition) is 1. The van der Waals surface area contributed by atoms with E-state index in [1.807, 2.05) is 49.4 Å². The van der Waals surface area contributed by atoms with Crippen LogP contribution < -0.4 is 5.32 Å². The second-order valence-corrected chi connectivity index (χ2v) is 6.63. The van der Waals surface area contributed by atoms with Gasteiger partial charge in [-0.25, -0.2) is 4.39 Å². The largest absolute Gasteiger partial charge is 0.347 e. The Morgan fingerprint density at radius 2 is 1.75 bits per heavy atom. The fraction of sp³-hybridized carbons (Fsp3) is 0.217. The molecule has 0 atom stereocenters. The highest BCUT2D eigenvalue weighted by atomic mass is 19.1. The molecule has 0 fully saturated rings. The maximum Gasteiger partial charge on any atom is 0.242 e. The zero-order chi connectivity index (χ0) is 19.9. The fourth-order valence-corrected chi connectivity index (χ4v) is 3.20. The minimum atomic E-state index is -0.329. The molecule has 0 aliphatic heterocycles. The minimum Gasteiger partial charge on any atom is -0.347 e. The van der Waals surface area contributed by atoms with Crippen molar-refractivity contribution in [3.05, 3.63) is 83.7 Å². The molecule has 144 valence electrons. The van der Waals surface area contributed by atoms with E-state index in [-0.39, 0.29) is 30.6 Å². The third kappa shape index (κ3) is 4.94. The van der Waals surface area contributed by atoms with E-state index in [0.29, 0.717) is 13.1 Å². The molecule has 0 aliphatic rings. The van der Waals surface area contributed by atoms with Crippen LogP contribution in [-0.4, -0.2) is 29.8 Å². The van der Waals surface area contributed by atoms with E-state index in [2.05, 4.69) is 5.32 Å². The van der Waals surface area contributed by atoms with Crippen molar-refractivity contribution in [3.8, 4) is 0 Å². The third-order valence-corrected chi connectivity index (χ3v) is 4.66. The average molecular weight is 378 g/mol. The highest BCUT2D eigenvalue weighted by molar-refractivity contribution is 5.91. The number of rotatable bonds is 7. The number of amides is 2. The van der Waals surface area contributed by atoms with Gasteiger partial charge in [0.2, 0.25) is 11.8 Å². The summed E-state index contributed by atoms with van der Waals surface area (Å²) in [6.07, 6.45) is 0.213. The number of nitrogens with one attached hydrogen (secondary N) is 1. The molecule has 2 amide bonds. The number of carbonyl (C=O) groups is 2. The van der Waals surface area contributed by atoms with E-state index in [9.17, 15) is 14.0 Å². The van der Waals surface area contributed by atoms with E-state index >= 15 is 0 Å². The van der Waals surface area contributed by atoms with Crippen LogP contribution in [0.1, 0.15) is 18.1 Å². The van der Waals surface area contributed by atoms with Crippen molar-refractivity contribution in [1.29, 1.82) is 0 Å². The summed E-state index contributed by atoms with van der Waals surface area (Å²) in [5, 5.41) is 4.82. The van der Waals surface area contributed by atoms with Crippen LogP contribution in [0.5, 0.6) is 0 Å². The van der Waals surface area contributed by atoms with E-state index in [1.54, 1.807) is 17.0 Å². The van der Waals surface area contributed by atoms with Crippen molar-refractivity contribution in [2.24, 2.45) is 0 Å². The van der Waals surface area contributed by atoms with Crippen LogP contribution in [0.2, 0.25) is 0 Å². The second kappa shape index (κ2) is 9.13. The smallest absolute Gasteiger partial charge is 0.242 e. The highest BCUT2D eigenvalue weighted by Crippen LogP contribution is 2.18. The lowest BCUT2D eigenvalue weighted by molar-refractivity contribution is -0.133. The van der Waals surface area contributed by atoms with Crippen molar-refractivity contribution >= 4 is 22.6 Å². The van der Waals surface area contributed by atoms with Gasteiger partial charge in [0, 0.05) is 13.1 Å². The molecule has 0 heterocycles. The van der Waals surface area contributed by atoms with Gasteiger partial charge in [-0.1, -0.05) is 54.6 Å². The van der Waals surface area contributed by atoms with Gasteiger partial charge < -0.3 is 10.2 Å². The summed E-state index contributed by atoms with van der Waals surface area (Å²) in [5.41, 5.74) is 1.65. The van der Waals surface area contributed by atoms with Crippen molar-refractivity contribution in [2.45, 2.75) is 19.9 Å². The van der Waals surface area contributed by atoms with Gasteiger partial charge in [-0.2, -0.15) is 0 Å². The summed E-state index contributed by atoms with van der Waals surface area (Å²) in [4.78, 5) is 26.4. The lowest BCUT2D eigenvalue weighted by Crippen LogP contribution is -2.40. The third-order valence-electron chi connectivity index (χ3n) is 4.66. The molecule has 0 saturated heterocycles. The Morgan fingerprint density at radius 1 is 1.00 bits per heavy atom. The Labute approximate surface area is 164 Å².